The number of anilines is 1. The number of amides is 1. The quantitative estimate of drug-likeness (QED) is 0.163. The van der Waals surface area contributed by atoms with Crippen LogP contribution in [0.2, 0.25) is 0 Å². The third kappa shape index (κ3) is 6.42. The summed E-state index contributed by atoms with van der Waals surface area (Å²) in [7, 11) is -3.49. The highest BCUT2D eigenvalue weighted by Gasteiger charge is 2.21. The Bertz CT molecular complexity index is 2190. The lowest BCUT2D eigenvalue weighted by atomic mass is 10.0. The van der Waals surface area contributed by atoms with E-state index in [9.17, 15) is 17.6 Å². The van der Waals surface area contributed by atoms with Crippen LogP contribution in [-0.2, 0) is 21.4 Å². The normalized spacial score (nSPS) is 12.0. The Morgan fingerprint density at radius 2 is 1.82 bits per heavy atom. The monoisotopic (exact) mass is 630 g/mol. The molecule has 4 aromatic heterocycles. The molecular weight excluding hydrogens is 602 g/mol. The first-order chi connectivity index (χ1) is 21.4. The van der Waals surface area contributed by atoms with Crippen molar-refractivity contribution in [2.75, 3.05) is 11.6 Å². The van der Waals surface area contributed by atoms with Gasteiger partial charge in [0.1, 0.15) is 22.8 Å². The second-order valence-electron chi connectivity index (χ2n) is 11.1. The third-order valence-electron chi connectivity index (χ3n) is 6.99. The average Bonchev–Trinajstić information content (AvgIpc) is 3.60. The summed E-state index contributed by atoms with van der Waals surface area (Å²) < 4.78 is 56.3. The minimum absolute atomic E-state index is 0.102. The highest BCUT2D eigenvalue weighted by atomic mass is 32.2. The molecule has 0 aliphatic carbocycles. The fourth-order valence-electron chi connectivity index (χ4n) is 5.07. The van der Waals surface area contributed by atoms with Crippen molar-refractivity contribution < 1.29 is 22.0 Å². The zero-order chi connectivity index (χ0) is 31.9. The van der Waals surface area contributed by atoms with E-state index in [1.807, 2.05) is 13.8 Å². The summed E-state index contributed by atoms with van der Waals surface area (Å²) in [5, 5.41) is 10.2. The van der Waals surface area contributed by atoms with Gasteiger partial charge in [-0.15, -0.1) is 0 Å². The summed E-state index contributed by atoms with van der Waals surface area (Å²) in [5.41, 5.74) is 3.91. The van der Waals surface area contributed by atoms with Crippen LogP contribution in [0.3, 0.4) is 0 Å². The van der Waals surface area contributed by atoms with Crippen LogP contribution in [0.15, 0.2) is 61.1 Å². The zero-order valence-corrected chi connectivity index (χ0v) is 25.3. The Kier molecular flexibility index (Phi) is 7.85. The summed E-state index contributed by atoms with van der Waals surface area (Å²) in [5.74, 6) is -0.851. The molecule has 45 heavy (non-hydrogen) atoms. The summed E-state index contributed by atoms with van der Waals surface area (Å²) in [6, 6.07) is 10.8. The molecule has 0 saturated carbocycles. The van der Waals surface area contributed by atoms with Gasteiger partial charge in [0.25, 0.3) is 0 Å². The molecule has 0 saturated heterocycles. The molecule has 1 amide bonds. The predicted molar refractivity (Wildman–Crippen MR) is 167 cm³/mol. The van der Waals surface area contributed by atoms with Crippen molar-refractivity contribution in [3.8, 4) is 33.9 Å². The third-order valence-corrected chi connectivity index (χ3v) is 7.66. The van der Waals surface area contributed by atoms with E-state index in [0.717, 1.165) is 6.26 Å². The van der Waals surface area contributed by atoms with E-state index in [0.29, 0.717) is 51.0 Å². The molecule has 4 heterocycles. The first kappa shape index (κ1) is 30.0. The number of carbonyl (C=O) groups is 1. The van der Waals surface area contributed by atoms with Crippen LogP contribution in [0.5, 0.6) is 0 Å². The first-order valence-electron chi connectivity index (χ1n) is 14.0. The molecule has 14 heteroatoms. The second kappa shape index (κ2) is 11.8. The van der Waals surface area contributed by atoms with E-state index >= 15 is 4.39 Å². The zero-order valence-electron chi connectivity index (χ0n) is 24.4. The van der Waals surface area contributed by atoms with Gasteiger partial charge in [-0.2, -0.15) is 5.10 Å². The molecule has 0 radical (unpaired) electrons. The van der Waals surface area contributed by atoms with Gasteiger partial charge in [-0.3, -0.25) is 19.9 Å². The molecular formula is C31H28F2N8O3S. The van der Waals surface area contributed by atoms with E-state index in [4.69, 9.17) is 0 Å². The largest absolute Gasteiger partial charge is 0.336 e. The Morgan fingerprint density at radius 3 is 2.60 bits per heavy atom. The molecule has 2 aromatic carbocycles. The van der Waals surface area contributed by atoms with Crippen LogP contribution in [0.1, 0.15) is 25.8 Å². The standard InChI is InChI=1S/C31H28F2N8O3S/c1-16(2)8-25(42)37-21-12-19(14-34-15-21)22-4-5-23-26(27(22)33)30(41-40-23)31-38-24-6-7-35-28(29(24)39-31)18-9-17(10-20(32)11-18)13-36-45(3,43)44/h4-7,9-12,14-16,36H,8,13H2,1-3H3,(H,37,42)(H,38,39)(H,40,41). The summed E-state index contributed by atoms with van der Waals surface area (Å²) in [4.78, 5) is 28.7. The van der Waals surface area contributed by atoms with Crippen molar-refractivity contribution in [1.29, 1.82) is 0 Å². The molecule has 4 N–H and O–H groups in total. The Labute approximate surface area is 256 Å². The van der Waals surface area contributed by atoms with Crippen molar-refractivity contribution in [3.63, 3.8) is 0 Å². The maximum absolute atomic E-state index is 16.2. The van der Waals surface area contributed by atoms with Gasteiger partial charge in [0.2, 0.25) is 15.9 Å². The number of aromatic nitrogens is 6. The minimum atomic E-state index is -3.49. The Morgan fingerprint density at radius 1 is 1.00 bits per heavy atom. The number of aromatic amines is 2. The number of sulfonamides is 1. The topological polar surface area (TPSA) is 158 Å². The van der Waals surface area contributed by atoms with Gasteiger partial charge in [-0.05, 0) is 53.9 Å². The lowest BCUT2D eigenvalue weighted by molar-refractivity contribution is -0.116. The van der Waals surface area contributed by atoms with Crippen LogP contribution >= 0.6 is 0 Å². The number of H-pyrrole nitrogens is 2. The van der Waals surface area contributed by atoms with Crippen molar-refractivity contribution in [2.45, 2.75) is 26.8 Å². The Balaban J connectivity index is 1.39. The van der Waals surface area contributed by atoms with Crippen LogP contribution < -0.4 is 10.0 Å². The van der Waals surface area contributed by atoms with E-state index in [1.54, 1.807) is 30.3 Å². The molecule has 11 nitrogen and oxygen atoms in total. The van der Waals surface area contributed by atoms with E-state index < -0.39 is 21.7 Å². The highest BCUT2D eigenvalue weighted by molar-refractivity contribution is 7.88. The van der Waals surface area contributed by atoms with E-state index in [-0.39, 0.29) is 40.8 Å². The lowest BCUT2D eigenvalue weighted by Crippen LogP contribution is -2.21. The molecule has 6 aromatic rings. The summed E-state index contributed by atoms with van der Waals surface area (Å²) in [6.07, 6.45) is 5.91. The fourth-order valence-corrected chi connectivity index (χ4v) is 5.50. The van der Waals surface area contributed by atoms with Gasteiger partial charge in [0, 0.05) is 42.0 Å². The maximum Gasteiger partial charge on any atom is 0.224 e. The average molecular weight is 631 g/mol. The minimum Gasteiger partial charge on any atom is -0.336 e. The van der Waals surface area contributed by atoms with Gasteiger partial charge < -0.3 is 10.3 Å². The number of fused-ring (bicyclic) bond motifs is 2. The number of rotatable bonds is 9. The van der Waals surface area contributed by atoms with Gasteiger partial charge >= 0.3 is 0 Å². The molecule has 0 aliphatic heterocycles. The smallest absolute Gasteiger partial charge is 0.224 e. The summed E-state index contributed by atoms with van der Waals surface area (Å²) >= 11 is 0. The van der Waals surface area contributed by atoms with Crippen molar-refractivity contribution in [3.05, 3.63) is 78.3 Å². The van der Waals surface area contributed by atoms with Crippen LogP contribution in [0.4, 0.5) is 14.5 Å². The SMILES string of the molecule is CC(C)CC(=O)Nc1cncc(-c2ccc3[nH]nc(-c4nc5c(-c6cc(F)cc(CNS(C)(=O)=O)c6)nccc5[nH]4)c3c2F)c1. The number of halogens is 2. The fraction of sp³-hybridized carbons (Fsp3) is 0.194. The number of imidazole rings is 1. The lowest BCUT2D eigenvalue weighted by Gasteiger charge is -2.09. The summed E-state index contributed by atoms with van der Waals surface area (Å²) in [6.45, 7) is 3.79. The maximum atomic E-state index is 16.2. The van der Waals surface area contributed by atoms with Crippen LogP contribution in [0.25, 0.3) is 55.8 Å². The van der Waals surface area contributed by atoms with E-state index in [1.165, 1.54) is 30.7 Å². The molecule has 0 unspecified atom stereocenters. The van der Waals surface area contributed by atoms with Crippen molar-refractivity contribution in [1.82, 2.24) is 34.9 Å². The number of hydrogen-bond donors (Lipinski definition) is 4. The van der Waals surface area contributed by atoms with Crippen molar-refractivity contribution >= 4 is 43.6 Å². The molecule has 0 spiro atoms. The van der Waals surface area contributed by atoms with Crippen molar-refractivity contribution in [2.24, 2.45) is 5.92 Å². The van der Waals surface area contributed by atoms with Crippen LogP contribution in [0, 0.1) is 17.6 Å². The van der Waals surface area contributed by atoms with Gasteiger partial charge in [-0.25, -0.2) is 26.9 Å². The van der Waals surface area contributed by atoms with Gasteiger partial charge in [0.15, 0.2) is 5.82 Å². The molecule has 6 rings (SSSR count). The second-order valence-corrected chi connectivity index (χ2v) is 12.9. The van der Waals surface area contributed by atoms with E-state index in [2.05, 4.69) is 40.2 Å². The number of nitrogens with one attached hydrogen (secondary N) is 4. The number of nitrogens with zero attached hydrogens (tertiary/aromatic N) is 4. The number of hydrogen-bond acceptors (Lipinski definition) is 7. The highest BCUT2D eigenvalue weighted by Crippen LogP contribution is 2.35. The first-order valence-corrected chi connectivity index (χ1v) is 15.9. The molecule has 0 bridgehead atoms. The number of pyridine rings is 2. The number of benzene rings is 2. The van der Waals surface area contributed by atoms with Gasteiger partial charge in [0.05, 0.1) is 40.3 Å². The molecule has 0 aliphatic rings. The molecule has 230 valence electrons. The van der Waals surface area contributed by atoms with Gasteiger partial charge in [-0.1, -0.05) is 13.8 Å². The van der Waals surface area contributed by atoms with Crippen LogP contribution in [-0.4, -0.2) is 50.7 Å². The number of carbonyl (C=O) groups excluding carboxylic acids is 1. The molecule has 0 atom stereocenters. The predicted octanol–water partition coefficient (Wildman–Crippen LogP) is 5.54. The Hall–Kier alpha value is -5.08. The molecule has 0 fully saturated rings.